The molecular formula is C16H14Cl2N2O3. The summed E-state index contributed by atoms with van der Waals surface area (Å²) in [7, 11) is 0. The Morgan fingerprint density at radius 3 is 2.52 bits per heavy atom. The monoisotopic (exact) mass is 352 g/mol. The minimum Gasteiger partial charge on any atom is -0.483 e. The van der Waals surface area contributed by atoms with Crippen molar-refractivity contribution in [3.8, 4) is 5.75 Å². The van der Waals surface area contributed by atoms with Crippen LogP contribution in [0.25, 0.3) is 0 Å². The van der Waals surface area contributed by atoms with Crippen molar-refractivity contribution in [1.29, 1.82) is 0 Å². The second-order valence-electron chi connectivity index (χ2n) is 4.70. The van der Waals surface area contributed by atoms with Crippen LogP contribution in [0.15, 0.2) is 42.5 Å². The number of carbonyl (C=O) groups excluding carboxylic acids is 2. The first-order chi connectivity index (χ1) is 11.0. The molecule has 3 N–H and O–H groups in total. The quantitative estimate of drug-likeness (QED) is 0.838. The van der Waals surface area contributed by atoms with Crippen molar-refractivity contribution in [3.05, 3.63) is 63.6 Å². The topological polar surface area (TPSA) is 81.4 Å². The maximum absolute atomic E-state index is 11.8. The van der Waals surface area contributed by atoms with Crippen molar-refractivity contribution >= 4 is 35.0 Å². The molecule has 0 fully saturated rings. The molecule has 2 rings (SSSR count). The number of primary amides is 1. The van der Waals surface area contributed by atoms with E-state index in [1.54, 1.807) is 24.3 Å². The van der Waals surface area contributed by atoms with Gasteiger partial charge in [0.15, 0.2) is 6.61 Å². The number of benzene rings is 2. The van der Waals surface area contributed by atoms with Crippen LogP contribution in [0.1, 0.15) is 15.9 Å². The largest absolute Gasteiger partial charge is 0.483 e. The van der Waals surface area contributed by atoms with Crippen LogP contribution in [0.2, 0.25) is 10.0 Å². The summed E-state index contributed by atoms with van der Waals surface area (Å²) in [6, 6.07) is 11.6. The number of rotatable bonds is 6. The van der Waals surface area contributed by atoms with E-state index in [-0.39, 0.29) is 23.8 Å². The standard InChI is InChI=1S/C16H14Cl2N2O3/c17-11-3-1-2-10(6-11)8-20-15(21)9-23-14-5-4-12(18)7-13(14)16(19)22/h1-7H,8-9H2,(H2,19,22)(H,20,21). The molecule has 7 heteroatoms. The summed E-state index contributed by atoms with van der Waals surface area (Å²) in [5.74, 6) is -0.808. The first-order valence-corrected chi connectivity index (χ1v) is 7.44. The fourth-order valence-electron chi connectivity index (χ4n) is 1.86. The van der Waals surface area contributed by atoms with Crippen molar-refractivity contribution in [1.82, 2.24) is 5.32 Å². The highest BCUT2D eigenvalue weighted by Crippen LogP contribution is 2.22. The summed E-state index contributed by atoms with van der Waals surface area (Å²) in [6.07, 6.45) is 0. The summed E-state index contributed by atoms with van der Waals surface area (Å²) in [5.41, 5.74) is 6.24. The van der Waals surface area contributed by atoms with Gasteiger partial charge in [-0.2, -0.15) is 0 Å². The minimum atomic E-state index is -0.679. The molecule has 2 amide bonds. The maximum atomic E-state index is 11.8. The molecular weight excluding hydrogens is 339 g/mol. The number of hydrogen-bond donors (Lipinski definition) is 2. The maximum Gasteiger partial charge on any atom is 0.258 e. The number of carbonyl (C=O) groups is 2. The molecule has 0 atom stereocenters. The third-order valence-corrected chi connectivity index (χ3v) is 3.41. The van der Waals surface area contributed by atoms with Gasteiger partial charge in [-0.05, 0) is 35.9 Å². The molecule has 2 aromatic carbocycles. The van der Waals surface area contributed by atoms with Crippen LogP contribution in [-0.2, 0) is 11.3 Å². The summed E-state index contributed by atoms with van der Waals surface area (Å²) in [5, 5.41) is 3.65. The summed E-state index contributed by atoms with van der Waals surface area (Å²) < 4.78 is 5.33. The van der Waals surface area contributed by atoms with Crippen LogP contribution in [0.5, 0.6) is 5.75 Å². The van der Waals surface area contributed by atoms with E-state index in [0.717, 1.165) is 5.56 Å². The molecule has 2 aromatic rings. The number of ether oxygens (including phenoxy) is 1. The van der Waals surface area contributed by atoms with Gasteiger partial charge in [0.05, 0.1) is 5.56 Å². The summed E-state index contributed by atoms with van der Waals surface area (Å²) >= 11 is 11.7. The van der Waals surface area contributed by atoms with E-state index in [4.69, 9.17) is 33.7 Å². The van der Waals surface area contributed by atoms with Crippen molar-refractivity contribution in [2.75, 3.05) is 6.61 Å². The molecule has 0 aliphatic rings. The van der Waals surface area contributed by atoms with E-state index < -0.39 is 5.91 Å². The van der Waals surface area contributed by atoms with E-state index in [9.17, 15) is 9.59 Å². The zero-order valence-corrected chi connectivity index (χ0v) is 13.5. The van der Waals surface area contributed by atoms with Crippen molar-refractivity contribution in [2.45, 2.75) is 6.54 Å². The van der Waals surface area contributed by atoms with E-state index in [2.05, 4.69) is 5.32 Å². The predicted octanol–water partition coefficient (Wildman–Crippen LogP) is 2.79. The van der Waals surface area contributed by atoms with Gasteiger partial charge in [-0.3, -0.25) is 9.59 Å². The van der Waals surface area contributed by atoms with E-state index >= 15 is 0 Å². The molecule has 0 saturated carbocycles. The number of hydrogen-bond acceptors (Lipinski definition) is 3. The number of halogens is 2. The van der Waals surface area contributed by atoms with Gasteiger partial charge >= 0.3 is 0 Å². The molecule has 0 aliphatic heterocycles. The van der Waals surface area contributed by atoms with E-state index in [0.29, 0.717) is 16.6 Å². The molecule has 23 heavy (non-hydrogen) atoms. The zero-order valence-electron chi connectivity index (χ0n) is 12.0. The van der Waals surface area contributed by atoms with Crippen LogP contribution in [0.3, 0.4) is 0 Å². The lowest BCUT2D eigenvalue weighted by atomic mass is 10.2. The Morgan fingerprint density at radius 2 is 1.83 bits per heavy atom. The average Bonchev–Trinajstić information content (AvgIpc) is 2.51. The Morgan fingerprint density at radius 1 is 1.09 bits per heavy atom. The minimum absolute atomic E-state index is 0.125. The van der Waals surface area contributed by atoms with Gasteiger partial charge in [0.25, 0.3) is 11.8 Å². The van der Waals surface area contributed by atoms with Crippen LogP contribution in [0.4, 0.5) is 0 Å². The van der Waals surface area contributed by atoms with Gasteiger partial charge in [-0.25, -0.2) is 0 Å². The third kappa shape index (κ3) is 5.16. The van der Waals surface area contributed by atoms with Crippen LogP contribution >= 0.6 is 23.2 Å². The lowest BCUT2D eigenvalue weighted by Crippen LogP contribution is -2.28. The van der Waals surface area contributed by atoms with Crippen LogP contribution in [-0.4, -0.2) is 18.4 Å². The highest BCUT2D eigenvalue weighted by atomic mass is 35.5. The van der Waals surface area contributed by atoms with Crippen molar-refractivity contribution in [2.24, 2.45) is 5.73 Å². The fourth-order valence-corrected chi connectivity index (χ4v) is 2.25. The molecule has 5 nitrogen and oxygen atoms in total. The van der Waals surface area contributed by atoms with Gasteiger partial charge in [0.1, 0.15) is 5.75 Å². The third-order valence-electron chi connectivity index (χ3n) is 2.94. The number of amides is 2. The zero-order chi connectivity index (χ0) is 16.8. The van der Waals surface area contributed by atoms with Crippen LogP contribution in [0, 0.1) is 0 Å². The molecule has 0 spiro atoms. The first kappa shape index (κ1) is 17.1. The van der Waals surface area contributed by atoms with E-state index in [1.165, 1.54) is 12.1 Å². The molecule has 120 valence electrons. The molecule has 0 bridgehead atoms. The Bertz CT molecular complexity index is 735. The Hall–Kier alpha value is -2.24. The molecule has 0 heterocycles. The number of nitrogens with two attached hydrogens (primary N) is 1. The molecule has 0 saturated heterocycles. The summed E-state index contributed by atoms with van der Waals surface area (Å²) in [6.45, 7) is 0.0779. The van der Waals surface area contributed by atoms with Crippen LogP contribution < -0.4 is 15.8 Å². The molecule has 0 unspecified atom stereocenters. The highest BCUT2D eigenvalue weighted by Gasteiger charge is 2.12. The predicted molar refractivity (Wildman–Crippen MR) is 88.8 cm³/mol. The molecule has 0 radical (unpaired) electrons. The SMILES string of the molecule is NC(=O)c1cc(Cl)ccc1OCC(=O)NCc1cccc(Cl)c1. The van der Waals surface area contributed by atoms with Crippen molar-refractivity contribution in [3.63, 3.8) is 0 Å². The lowest BCUT2D eigenvalue weighted by Gasteiger charge is -2.10. The van der Waals surface area contributed by atoms with Crippen molar-refractivity contribution < 1.29 is 14.3 Å². The lowest BCUT2D eigenvalue weighted by molar-refractivity contribution is -0.123. The first-order valence-electron chi connectivity index (χ1n) is 6.69. The van der Waals surface area contributed by atoms with Gasteiger partial charge in [-0.1, -0.05) is 35.3 Å². The van der Waals surface area contributed by atoms with Gasteiger partial charge in [-0.15, -0.1) is 0 Å². The normalized spacial score (nSPS) is 10.2. The number of nitrogens with one attached hydrogen (secondary N) is 1. The second kappa shape index (κ2) is 7.85. The van der Waals surface area contributed by atoms with Gasteiger partial charge in [0.2, 0.25) is 0 Å². The Kier molecular flexibility index (Phi) is 5.84. The second-order valence-corrected chi connectivity index (χ2v) is 5.57. The smallest absolute Gasteiger partial charge is 0.258 e. The summed E-state index contributed by atoms with van der Waals surface area (Å²) in [4.78, 5) is 23.1. The Balaban J connectivity index is 1.91. The fraction of sp³-hybridized carbons (Fsp3) is 0.125. The molecule has 0 aromatic heterocycles. The van der Waals surface area contributed by atoms with Gasteiger partial charge < -0.3 is 15.8 Å². The van der Waals surface area contributed by atoms with E-state index in [1.807, 2.05) is 6.07 Å². The molecule has 0 aliphatic carbocycles. The highest BCUT2D eigenvalue weighted by molar-refractivity contribution is 6.31. The van der Waals surface area contributed by atoms with Gasteiger partial charge in [0, 0.05) is 16.6 Å². The Labute approximate surface area is 143 Å². The average molecular weight is 353 g/mol.